The van der Waals surface area contributed by atoms with Crippen LogP contribution in [0, 0.1) is 0 Å². The molecule has 0 spiro atoms. The maximum Gasteiger partial charge on any atom is 0.345 e. The zero-order chi connectivity index (χ0) is 10.6. The highest BCUT2D eigenvalue weighted by Crippen LogP contribution is 1.98. The van der Waals surface area contributed by atoms with Crippen molar-refractivity contribution < 1.29 is 0 Å². The van der Waals surface area contributed by atoms with Gasteiger partial charge in [-0.05, 0) is 19.3 Å². The van der Waals surface area contributed by atoms with Crippen molar-refractivity contribution in [3.8, 4) is 0 Å². The molecule has 0 aromatic carbocycles. The number of rotatable bonds is 5. The van der Waals surface area contributed by atoms with E-state index in [4.69, 9.17) is 5.73 Å². The molecule has 0 saturated heterocycles. The van der Waals surface area contributed by atoms with E-state index in [2.05, 4.69) is 12.0 Å². The number of hydrogen-bond acceptors (Lipinski definition) is 3. The van der Waals surface area contributed by atoms with Crippen LogP contribution in [0.1, 0.15) is 26.2 Å². The zero-order valence-electron chi connectivity index (χ0n) is 8.81. The van der Waals surface area contributed by atoms with E-state index in [0.29, 0.717) is 6.54 Å². The van der Waals surface area contributed by atoms with E-state index in [0.717, 1.165) is 19.3 Å². The van der Waals surface area contributed by atoms with Gasteiger partial charge < -0.3 is 5.73 Å². The van der Waals surface area contributed by atoms with Crippen LogP contribution in [0.3, 0.4) is 0 Å². The van der Waals surface area contributed by atoms with Crippen LogP contribution in [0.5, 0.6) is 0 Å². The SMILES string of the molecule is CCC(N)CCCn1ncn(C)c1=O. The van der Waals surface area contributed by atoms with Gasteiger partial charge in [-0.1, -0.05) is 6.92 Å². The molecule has 0 aliphatic heterocycles. The van der Waals surface area contributed by atoms with Gasteiger partial charge in [-0.15, -0.1) is 0 Å². The first-order valence-corrected chi connectivity index (χ1v) is 4.99. The number of hydrogen-bond donors (Lipinski definition) is 1. The Hall–Kier alpha value is -1.10. The predicted molar refractivity (Wildman–Crippen MR) is 55.0 cm³/mol. The van der Waals surface area contributed by atoms with E-state index < -0.39 is 0 Å². The minimum atomic E-state index is -0.0601. The van der Waals surface area contributed by atoms with Crippen molar-refractivity contribution in [2.24, 2.45) is 12.8 Å². The van der Waals surface area contributed by atoms with Gasteiger partial charge in [0.05, 0.1) is 0 Å². The van der Waals surface area contributed by atoms with Crippen molar-refractivity contribution in [1.82, 2.24) is 14.3 Å². The van der Waals surface area contributed by atoms with E-state index in [9.17, 15) is 4.79 Å². The van der Waals surface area contributed by atoms with Crippen molar-refractivity contribution in [3.63, 3.8) is 0 Å². The van der Waals surface area contributed by atoms with Gasteiger partial charge in [-0.25, -0.2) is 9.48 Å². The molecular weight excluding hydrogens is 180 g/mol. The minimum absolute atomic E-state index is 0.0601. The van der Waals surface area contributed by atoms with Gasteiger partial charge >= 0.3 is 5.69 Å². The summed E-state index contributed by atoms with van der Waals surface area (Å²) in [5.41, 5.74) is 5.71. The number of nitrogens with zero attached hydrogens (tertiary/aromatic N) is 3. The third-order valence-electron chi connectivity index (χ3n) is 2.36. The summed E-state index contributed by atoms with van der Waals surface area (Å²) in [6, 6.07) is 0.245. The maximum absolute atomic E-state index is 11.3. The summed E-state index contributed by atoms with van der Waals surface area (Å²) in [5.74, 6) is 0. The molecule has 0 aliphatic carbocycles. The second kappa shape index (κ2) is 4.95. The van der Waals surface area contributed by atoms with E-state index in [1.54, 1.807) is 7.05 Å². The predicted octanol–water partition coefficient (Wildman–Crippen LogP) is 0.0993. The van der Waals surface area contributed by atoms with Crippen LogP contribution in [-0.4, -0.2) is 20.4 Å². The summed E-state index contributed by atoms with van der Waals surface area (Å²) in [4.78, 5) is 11.3. The molecule has 0 amide bonds. The summed E-state index contributed by atoms with van der Waals surface area (Å²) < 4.78 is 2.95. The summed E-state index contributed by atoms with van der Waals surface area (Å²) in [5, 5.41) is 3.96. The summed E-state index contributed by atoms with van der Waals surface area (Å²) in [6.07, 6.45) is 4.37. The van der Waals surface area contributed by atoms with Crippen LogP contribution in [0.4, 0.5) is 0 Å². The Labute approximate surface area is 83.5 Å². The van der Waals surface area contributed by atoms with Crippen molar-refractivity contribution >= 4 is 0 Å². The lowest BCUT2D eigenvalue weighted by atomic mass is 10.1. The standard InChI is InChI=1S/C9H18N4O/c1-3-8(10)5-4-6-13-9(14)12(2)7-11-13/h7-8H,3-6,10H2,1-2H3. The number of aryl methyl sites for hydroxylation is 2. The fourth-order valence-corrected chi connectivity index (χ4v) is 1.28. The fraction of sp³-hybridized carbons (Fsp3) is 0.778. The van der Waals surface area contributed by atoms with Gasteiger partial charge in [-0.3, -0.25) is 4.57 Å². The van der Waals surface area contributed by atoms with Crippen LogP contribution in [-0.2, 0) is 13.6 Å². The van der Waals surface area contributed by atoms with Crippen LogP contribution >= 0.6 is 0 Å². The largest absolute Gasteiger partial charge is 0.345 e. The average molecular weight is 198 g/mol. The van der Waals surface area contributed by atoms with Gasteiger partial charge in [0.1, 0.15) is 6.33 Å². The molecule has 0 bridgehead atoms. The summed E-state index contributed by atoms with van der Waals surface area (Å²) in [7, 11) is 1.70. The van der Waals surface area contributed by atoms with E-state index in [1.165, 1.54) is 15.6 Å². The van der Waals surface area contributed by atoms with Crippen LogP contribution < -0.4 is 11.4 Å². The van der Waals surface area contributed by atoms with Gasteiger partial charge in [-0.2, -0.15) is 5.10 Å². The second-order valence-electron chi connectivity index (χ2n) is 3.56. The summed E-state index contributed by atoms with van der Waals surface area (Å²) >= 11 is 0. The first-order valence-electron chi connectivity index (χ1n) is 4.99. The summed E-state index contributed by atoms with van der Waals surface area (Å²) in [6.45, 7) is 2.73. The first kappa shape index (κ1) is 11.0. The molecule has 0 radical (unpaired) electrons. The highest BCUT2D eigenvalue weighted by molar-refractivity contribution is 4.66. The van der Waals surface area contributed by atoms with Crippen LogP contribution in [0.15, 0.2) is 11.1 Å². The molecule has 5 heteroatoms. The van der Waals surface area contributed by atoms with Gasteiger partial charge in [0.2, 0.25) is 0 Å². The molecule has 1 heterocycles. The molecular formula is C9H18N4O. The molecule has 1 aromatic rings. The highest BCUT2D eigenvalue weighted by atomic mass is 16.2. The molecule has 14 heavy (non-hydrogen) atoms. The average Bonchev–Trinajstić information content (AvgIpc) is 2.49. The normalized spacial score (nSPS) is 13.1. The Morgan fingerprint density at radius 3 is 2.86 bits per heavy atom. The lowest BCUT2D eigenvalue weighted by Gasteiger charge is -2.06. The molecule has 1 unspecified atom stereocenters. The molecule has 5 nitrogen and oxygen atoms in total. The van der Waals surface area contributed by atoms with Crippen LogP contribution in [0.2, 0.25) is 0 Å². The smallest absolute Gasteiger partial charge is 0.328 e. The molecule has 1 aromatic heterocycles. The van der Waals surface area contributed by atoms with Gasteiger partial charge in [0.25, 0.3) is 0 Å². The highest BCUT2D eigenvalue weighted by Gasteiger charge is 2.02. The molecule has 2 N–H and O–H groups in total. The monoisotopic (exact) mass is 198 g/mol. The van der Waals surface area contributed by atoms with Crippen molar-refractivity contribution in [2.75, 3.05) is 0 Å². The number of nitrogens with two attached hydrogens (primary N) is 1. The zero-order valence-corrected chi connectivity index (χ0v) is 8.81. The van der Waals surface area contributed by atoms with Gasteiger partial charge in [0, 0.05) is 19.6 Å². The Balaban J connectivity index is 2.39. The van der Waals surface area contributed by atoms with Crippen molar-refractivity contribution in [1.29, 1.82) is 0 Å². The molecule has 1 atom stereocenters. The minimum Gasteiger partial charge on any atom is -0.328 e. The fourth-order valence-electron chi connectivity index (χ4n) is 1.28. The molecule has 0 fully saturated rings. The molecule has 80 valence electrons. The Morgan fingerprint density at radius 2 is 2.36 bits per heavy atom. The second-order valence-corrected chi connectivity index (χ2v) is 3.56. The Bertz CT molecular complexity index is 328. The maximum atomic E-state index is 11.3. The molecule has 0 aliphatic rings. The molecule has 1 rings (SSSR count). The third-order valence-corrected chi connectivity index (χ3v) is 2.36. The van der Waals surface area contributed by atoms with Gasteiger partial charge in [0.15, 0.2) is 0 Å². The Kier molecular flexibility index (Phi) is 3.88. The lowest BCUT2D eigenvalue weighted by molar-refractivity contribution is 0.490. The van der Waals surface area contributed by atoms with Crippen LogP contribution in [0.25, 0.3) is 0 Å². The first-order chi connectivity index (χ1) is 6.65. The van der Waals surface area contributed by atoms with E-state index >= 15 is 0 Å². The topological polar surface area (TPSA) is 65.8 Å². The molecule has 0 saturated carbocycles. The quantitative estimate of drug-likeness (QED) is 0.729. The van der Waals surface area contributed by atoms with Crippen molar-refractivity contribution in [3.05, 3.63) is 16.8 Å². The third kappa shape index (κ3) is 2.70. The van der Waals surface area contributed by atoms with E-state index in [1.807, 2.05) is 0 Å². The lowest BCUT2D eigenvalue weighted by Crippen LogP contribution is -2.24. The number of aromatic nitrogens is 3. The Morgan fingerprint density at radius 1 is 1.64 bits per heavy atom. The van der Waals surface area contributed by atoms with E-state index in [-0.39, 0.29) is 11.7 Å². The van der Waals surface area contributed by atoms with Crippen molar-refractivity contribution in [2.45, 2.75) is 38.8 Å².